The first-order chi connectivity index (χ1) is 12.6. The molecule has 2 N–H and O–H groups in total. The number of rotatable bonds is 5. The summed E-state index contributed by atoms with van der Waals surface area (Å²) < 4.78 is 2.02. The number of carbonyl (C=O) groups is 1. The Morgan fingerprint density at radius 3 is 2.92 bits per heavy atom. The summed E-state index contributed by atoms with van der Waals surface area (Å²) >= 11 is 0. The summed E-state index contributed by atoms with van der Waals surface area (Å²) in [5.74, 6) is 0.594. The number of H-pyrrole nitrogens is 2. The van der Waals surface area contributed by atoms with Gasteiger partial charge in [0, 0.05) is 18.9 Å². The molecule has 0 fully saturated rings. The van der Waals surface area contributed by atoms with Gasteiger partial charge in [-0.1, -0.05) is 12.1 Å². The summed E-state index contributed by atoms with van der Waals surface area (Å²) in [4.78, 5) is 25.9. The van der Waals surface area contributed by atoms with E-state index >= 15 is 0 Å². The summed E-state index contributed by atoms with van der Waals surface area (Å²) in [6.07, 6.45) is 3.54. The Labute approximate surface area is 149 Å². The van der Waals surface area contributed by atoms with Gasteiger partial charge in [-0.05, 0) is 25.1 Å². The van der Waals surface area contributed by atoms with Crippen molar-refractivity contribution in [3.05, 3.63) is 65.8 Å². The summed E-state index contributed by atoms with van der Waals surface area (Å²) in [5, 5.41) is 7.11. The van der Waals surface area contributed by atoms with Crippen LogP contribution in [-0.2, 0) is 13.1 Å². The average Bonchev–Trinajstić information content (AvgIpc) is 3.36. The fourth-order valence-electron chi connectivity index (χ4n) is 2.91. The predicted molar refractivity (Wildman–Crippen MR) is 96.5 cm³/mol. The van der Waals surface area contributed by atoms with Gasteiger partial charge in [-0.15, -0.1) is 0 Å². The van der Waals surface area contributed by atoms with Gasteiger partial charge in [0.25, 0.3) is 5.91 Å². The Morgan fingerprint density at radius 1 is 1.27 bits per heavy atom. The van der Waals surface area contributed by atoms with Crippen LogP contribution in [0.4, 0.5) is 0 Å². The van der Waals surface area contributed by atoms with Gasteiger partial charge in [0.2, 0.25) is 0 Å². The van der Waals surface area contributed by atoms with E-state index in [1.807, 2.05) is 35.8 Å². The number of fused-ring (bicyclic) bond motifs is 1. The Bertz CT molecular complexity index is 1060. The van der Waals surface area contributed by atoms with Crippen LogP contribution in [0.25, 0.3) is 11.0 Å². The van der Waals surface area contributed by atoms with Crippen LogP contribution >= 0.6 is 0 Å². The molecule has 0 aliphatic rings. The quantitative estimate of drug-likeness (QED) is 0.577. The van der Waals surface area contributed by atoms with Gasteiger partial charge < -0.3 is 14.5 Å². The first-order valence-electron chi connectivity index (χ1n) is 8.30. The maximum atomic E-state index is 12.6. The minimum Gasteiger partial charge on any atom is -0.345 e. The van der Waals surface area contributed by atoms with Crippen molar-refractivity contribution in [2.45, 2.75) is 20.0 Å². The molecule has 4 rings (SSSR count). The Hall–Kier alpha value is -3.42. The molecule has 3 aromatic heterocycles. The molecule has 1 aromatic carbocycles. The van der Waals surface area contributed by atoms with E-state index in [4.69, 9.17) is 0 Å². The van der Waals surface area contributed by atoms with Crippen molar-refractivity contribution in [3.63, 3.8) is 0 Å². The van der Waals surface area contributed by atoms with E-state index in [1.54, 1.807) is 30.5 Å². The third-order valence-electron chi connectivity index (χ3n) is 4.21. The molecule has 3 heterocycles. The van der Waals surface area contributed by atoms with Gasteiger partial charge in [0.15, 0.2) is 0 Å². The number of nitrogens with zero attached hydrogens (tertiary/aromatic N) is 5. The lowest BCUT2D eigenvalue weighted by Crippen LogP contribution is -2.27. The molecule has 0 saturated heterocycles. The van der Waals surface area contributed by atoms with Crippen LogP contribution in [-0.4, -0.2) is 47.6 Å². The fraction of sp³-hybridized carbons (Fsp3) is 0.222. The predicted octanol–water partition coefficient (Wildman–Crippen LogP) is 2.11. The van der Waals surface area contributed by atoms with E-state index < -0.39 is 0 Å². The summed E-state index contributed by atoms with van der Waals surface area (Å²) in [6, 6.07) is 9.71. The third-order valence-corrected chi connectivity index (χ3v) is 4.21. The molecule has 26 heavy (non-hydrogen) atoms. The van der Waals surface area contributed by atoms with E-state index in [-0.39, 0.29) is 5.91 Å². The molecule has 8 heteroatoms. The summed E-state index contributed by atoms with van der Waals surface area (Å²) in [5.41, 5.74) is 4.18. The normalized spacial score (nSPS) is 11.2. The number of aromatic amines is 2. The average molecular weight is 349 g/mol. The van der Waals surface area contributed by atoms with Gasteiger partial charge in [-0.2, -0.15) is 5.10 Å². The van der Waals surface area contributed by atoms with Crippen LogP contribution in [0, 0.1) is 6.92 Å². The molecule has 4 aromatic rings. The second-order valence-electron chi connectivity index (χ2n) is 6.31. The lowest BCUT2D eigenvalue weighted by molar-refractivity contribution is 0.0776. The van der Waals surface area contributed by atoms with Crippen LogP contribution in [0.3, 0.4) is 0 Å². The smallest absolute Gasteiger partial charge is 0.274 e. The van der Waals surface area contributed by atoms with Crippen molar-refractivity contribution in [3.8, 4) is 0 Å². The lowest BCUT2D eigenvalue weighted by atomic mass is 10.3. The Kier molecular flexibility index (Phi) is 4.00. The first-order valence-corrected chi connectivity index (χ1v) is 8.30. The largest absolute Gasteiger partial charge is 0.345 e. The van der Waals surface area contributed by atoms with E-state index in [1.165, 1.54) is 0 Å². The number of benzene rings is 1. The fourth-order valence-corrected chi connectivity index (χ4v) is 2.91. The molecule has 0 bridgehead atoms. The minimum atomic E-state index is -0.156. The molecule has 0 aliphatic carbocycles. The Morgan fingerprint density at radius 2 is 2.12 bits per heavy atom. The summed E-state index contributed by atoms with van der Waals surface area (Å²) in [7, 11) is 1.73. The highest BCUT2D eigenvalue weighted by Crippen LogP contribution is 2.14. The monoisotopic (exact) mass is 349 g/mol. The van der Waals surface area contributed by atoms with Crippen molar-refractivity contribution in [1.82, 2.24) is 34.6 Å². The zero-order chi connectivity index (χ0) is 18.1. The molecule has 0 atom stereocenters. The van der Waals surface area contributed by atoms with Crippen molar-refractivity contribution in [2.75, 3.05) is 7.05 Å². The summed E-state index contributed by atoms with van der Waals surface area (Å²) in [6.45, 7) is 2.90. The number of carbonyl (C=O) groups excluding carboxylic acids is 1. The van der Waals surface area contributed by atoms with Crippen molar-refractivity contribution >= 4 is 16.9 Å². The number of imidazole rings is 2. The highest BCUT2D eigenvalue weighted by atomic mass is 16.2. The second kappa shape index (κ2) is 6.47. The van der Waals surface area contributed by atoms with Crippen LogP contribution in [0.15, 0.2) is 42.9 Å². The highest BCUT2D eigenvalue weighted by molar-refractivity contribution is 5.92. The van der Waals surface area contributed by atoms with E-state index in [0.29, 0.717) is 18.8 Å². The maximum absolute atomic E-state index is 12.6. The maximum Gasteiger partial charge on any atom is 0.274 e. The molecular formula is C18H19N7O. The van der Waals surface area contributed by atoms with Gasteiger partial charge >= 0.3 is 0 Å². The van der Waals surface area contributed by atoms with Crippen LogP contribution < -0.4 is 0 Å². The number of para-hydroxylation sites is 2. The standard InChI is InChI=1S/C18H19N7O/c1-12-8-19-17(21-12)10-24(2)18(26)15-7-13(22-23-15)9-25-11-20-14-5-3-4-6-16(14)25/h3-8,11H,9-10H2,1-2H3,(H,19,21)(H,22,23). The van der Waals surface area contributed by atoms with Gasteiger partial charge in [-0.25, -0.2) is 9.97 Å². The SMILES string of the molecule is Cc1cnc(CN(C)C(=O)c2cc(Cn3cnc4ccccc43)[nH]n2)[nH]1. The van der Waals surface area contributed by atoms with Gasteiger partial charge in [-0.3, -0.25) is 9.89 Å². The molecule has 0 radical (unpaired) electrons. The molecule has 0 aliphatic heterocycles. The second-order valence-corrected chi connectivity index (χ2v) is 6.31. The zero-order valence-corrected chi connectivity index (χ0v) is 14.6. The number of hydrogen-bond acceptors (Lipinski definition) is 4. The lowest BCUT2D eigenvalue weighted by Gasteiger charge is -2.13. The number of amides is 1. The topological polar surface area (TPSA) is 95.5 Å². The molecular weight excluding hydrogens is 330 g/mol. The zero-order valence-electron chi connectivity index (χ0n) is 14.6. The molecule has 1 amide bonds. The molecule has 8 nitrogen and oxygen atoms in total. The Balaban J connectivity index is 1.47. The third kappa shape index (κ3) is 3.08. The van der Waals surface area contributed by atoms with E-state index in [9.17, 15) is 4.79 Å². The number of aromatic nitrogens is 6. The molecule has 0 spiro atoms. The van der Waals surface area contributed by atoms with Crippen LogP contribution in [0.2, 0.25) is 0 Å². The highest BCUT2D eigenvalue weighted by Gasteiger charge is 2.17. The molecule has 0 unspecified atom stereocenters. The number of nitrogens with one attached hydrogen (secondary N) is 2. The molecule has 0 saturated carbocycles. The van der Waals surface area contributed by atoms with Crippen LogP contribution in [0.1, 0.15) is 27.7 Å². The van der Waals surface area contributed by atoms with Gasteiger partial charge in [0.1, 0.15) is 11.5 Å². The number of aryl methyl sites for hydroxylation is 1. The van der Waals surface area contributed by atoms with E-state index in [0.717, 1.165) is 28.2 Å². The van der Waals surface area contributed by atoms with Crippen molar-refractivity contribution < 1.29 is 4.79 Å². The minimum absolute atomic E-state index is 0.156. The van der Waals surface area contributed by atoms with Crippen molar-refractivity contribution in [1.29, 1.82) is 0 Å². The number of hydrogen-bond donors (Lipinski definition) is 2. The molecule has 132 valence electrons. The van der Waals surface area contributed by atoms with Gasteiger partial charge in [0.05, 0.1) is 36.1 Å². The van der Waals surface area contributed by atoms with E-state index in [2.05, 4.69) is 25.1 Å². The first kappa shape index (κ1) is 16.1. The van der Waals surface area contributed by atoms with Crippen LogP contribution in [0.5, 0.6) is 0 Å². The van der Waals surface area contributed by atoms with Crippen molar-refractivity contribution in [2.24, 2.45) is 0 Å².